The van der Waals surface area contributed by atoms with E-state index in [1.54, 1.807) is 49.7 Å². The zero-order valence-corrected chi connectivity index (χ0v) is 27.8. The monoisotopic (exact) mass is 683 g/mol. The Morgan fingerprint density at radius 1 is 1.02 bits per heavy atom. The average molecular weight is 685 g/mol. The molecule has 5 aromatic rings. The molecule has 0 radical (unpaired) electrons. The van der Waals surface area contributed by atoms with Gasteiger partial charge in [-0.1, -0.05) is 38.1 Å². The van der Waals surface area contributed by atoms with Gasteiger partial charge in [0.2, 0.25) is 0 Å². The number of methoxy groups -OCH3 is 1. The van der Waals surface area contributed by atoms with E-state index in [2.05, 4.69) is 34.9 Å². The minimum atomic E-state index is -0.986. The molecule has 0 unspecified atom stereocenters. The topological polar surface area (TPSA) is 112 Å². The fourth-order valence-corrected chi connectivity index (χ4v) is 5.45. The number of hydrogen-bond donors (Lipinski definition) is 1. The number of ether oxygens (including phenoxy) is 3. The first-order valence-electron chi connectivity index (χ1n) is 14.8. The molecule has 9 nitrogen and oxygen atoms in total. The van der Waals surface area contributed by atoms with Crippen molar-refractivity contribution < 1.29 is 24.1 Å². The Bertz CT molecular complexity index is 2000. The normalized spacial score (nSPS) is 11.4. The molecule has 46 heavy (non-hydrogen) atoms. The lowest BCUT2D eigenvalue weighted by Gasteiger charge is -2.17. The van der Waals surface area contributed by atoms with Gasteiger partial charge in [-0.15, -0.1) is 0 Å². The summed E-state index contributed by atoms with van der Waals surface area (Å²) in [6.07, 6.45) is 1.59. The van der Waals surface area contributed by atoms with E-state index in [9.17, 15) is 9.59 Å². The Balaban J connectivity index is 1.56. The SMILES string of the molecule is CCOc1cc(C=Nn2c(-c3cc(C(C)C)c(OC)cc3C)nc3ccccc3c2=O)c(Br)cc1OCc1ccc(C(=O)O)cc1. The van der Waals surface area contributed by atoms with E-state index in [0.717, 1.165) is 28.0 Å². The van der Waals surface area contributed by atoms with Crippen molar-refractivity contribution in [2.24, 2.45) is 5.10 Å². The molecule has 1 aromatic heterocycles. The van der Waals surface area contributed by atoms with E-state index in [4.69, 9.17) is 24.3 Å². The van der Waals surface area contributed by atoms with Gasteiger partial charge in [0.25, 0.3) is 5.56 Å². The van der Waals surface area contributed by atoms with E-state index in [0.29, 0.717) is 44.9 Å². The highest BCUT2D eigenvalue weighted by atomic mass is 79.9. The fourth-order valence-electron chi connectivity index (χ4n) is 5.03. The van der Waals surface area contributed by atoms with Gasteiger partial charge in [-0.25, -0.2) is 9.78 Å². The third-order valence-electron chi connectivity index (χ3n) is 7.46. The number of nitrogens with zero attached hydrogens (tertiary/aromatic N) is 3. The number of para-hydroxylation sites is 1. The number of aryl methyl sites for hydroxylation is 1. The van der Waals surface area contributed by atoms with Crippen LogP contribution >= 0.6 is 15.9 Å². The van der Waals surface area contributed by atoms with Gasteiger partial charge < -0.3 is 19.3 Å². The molecule has 4 aromatic carbocycles. The van der Waals surface area contributed by atoms with Crippen LogP contribution in [-0.2, 0) is 6.61 Å². The number of hydrogen-bond acceptors (Lipinski definition) is 7. The summed E-state index contributed by atoms with van der Waals surface area (Å²) in [5, 5.41) is 14.3. The van der Waals surface area contributed by atoms with Crippen LogP contribution in [0.5, 0.6) is 17.2 Å². The first-order chi connectivity index (χ1) is 22.1. The minimum absolute atomic E-state index is 0.177. The largest absolute Gasteiger partial charge is 0.496 e. The molecule has 0 saturated carbocycles. The molecule has 0 aliphatic carbocycles. The van der Waals surface area contributed by atoms with Crippen molar-refractivity contribution in [3.63, 3.8) is 0 Å². The van der Waals surface area contributed by atoms with Gasteiger partial charge in [0.15, 0.2) is 17.3 Å². The molecule has 10 heteroatoms. The predicted molar refractivity (Wildman–Crippen MR) is 183 cm³/mol. The Morgan fingerprint density at radius 2 is 1.74 bits per heavy atom. The molecule has 0 amide bonds. The van der Waals surface area contributed by atoms with E-state index in [1.165, 1.54) is 16.8 Å². The van der Waals surface area contributed by atoms with E-state index in [-0.39, 0.29) is 23.6 Å². The third-order valence-corrected chi connectivity index (χ3v) is 8.15. The molecular weight excluding hydrogens is 650 g/mol. The number of aromatic carboxylic acids is 1. The number of halogens is 1. The van der Waals surface area contributed by atoms with Crippen molar-refractivity contribution in [1.82, 2.24) is 9.66 Å². The third kappa shape index (κ3) is 6.82. The molecule has 0 atom stereocenters. The van der Waals surface area contributed by atoms with E-state index >= 15 is 0 Å². The number of carbonyl (C=O) groups is 1. The smallest absolute Gasteiger partial charge is 0.335 e. The van der Waals surface area contributed by atoms with Crippen molar-refractivity contribution in [2.75, 3.05) is 13.7 Å². The number of aromatic nitrogens is 2. The molecule has 0 fully saturated rings. The maximum Gasteiger partial charge on any atom is 0.335 e. The Hall–Kier alpha value is -4.96. The van der Waals surface area contributed by atoms with Crippen molar-refractivity contribution in [3.05, 3.63) is 115 Å². The lowest BCUT2D eigenvalue weighted by atomic mass is 9.96. The van der Waals surface area contributed by atoms with Crippen LogP contribution in [0.2, 0.25) is 0 Å². The average Bonchev–Trinajstić information content (AvgIpc) is 3.04. The molecule has 0 aliphatic rings. The summed E-state index contributed by atoms with van der Waals surface area (Å²) in [6, 6.07) is 21.3. The molecule has 236 valence electrons. The number of benzene rings is 4. The molecular formula is C36H34BrN3O6. The van der Waals surface area contributed by atoms with Crippen LogP contribution in [0.15, 0.2) is 87.2 Å². The van der Waals surface area contributed by atoms with Crippen molar-refractivity contribution in [1.29, 1.82) is 0 Å². The highest BCUT2D eigenvalue weighted by Gasteiger charge is 2.19. The van der Waals surface area contributed by atoms with Gasteiger partial charge in [-0.2, -0.15) is 9.78 Å². The van der Waals surface area contributed by atoms with Gasteiger partial charge in [0.05, 0.1) is 36.4 Å². The highest BCUT2D eigenvalue weighted by Crippen LogP contribution is 2.35. The zero-order chi connectivity index (χ0) is 33.0. The number of carboxylic acids is 1. The fraction of sp³-hybridized carbons (Fsp3) is 0.222. The first kappa shape index (κ1) is 32.4. The summed E-state index contributed by atoms with van der Waals surface area (Å²) in [6.45, 7) is 8.62. The van der Waals surface area contributed by atoms with Gasteiger partial charge in [0, 0.05) is 15.6 Å². The molecule has 1 N–H and O–H groups in total. The van der Waals surface area contributed by atoms with Crippen molar-refractivity contribution in [3.8, 4) is 28.6 Å². The highest BCUT2D eigenvalue weighted by molar-refractivity contribution is 9.10. The first-order valence-corrected chi connectivity index (χ1v) is 15.6. The lowest BCUT2D eigenvalue weighted by Crippen LogP contribution is -2.21. The maximum atomic E-state index is 13.9. The van der Waals surface area contributed by atoms with E-state index in [1.807, 2.05) is 38.1 Å². The van der Waals surface area contributed by atoms with Crippen LogP contribution in [0, 0.1) is 6.92 Å². The predicted octanol–water partition coefficient (Wildman–Crippen LogP) is 7.82. The van der Waals surface area contributed by atoms with Crippen LogP contribution in [0.4, 0.5) is 0 Å². The molecule has 5 rings (SSSR count). The molecule has 0 bridgehead atoms. The van der Waals surface area contributed by atoms with Gasteiger partial charge in [0.1, 0.15) is 12.4 Å². The molecule has 0 saturated heterocycles. The Morgan fingerprint density at radius 3 is 2.41 bits per heavy atom. The second kappa shape index (κ2) is 14.0. The minimum Gasteiger partial charge on any atom is -0.496 e. The van der Waals surface area contributed by atoms with Gasteiger partial charge >= 0.3 is 5.97 Å². The van der Waals surface area contributed by atoms with Crippen LogP contribution in [-0.4, -0.2) is 40.7 Å². The summed E-state index contributed by atoms with van der Waals surface area (Å²) in [5.74, 6) is 1.37. The second-order valence-corrected chi connectivity index (χ2v) is 11.8. The summed E-state index contributed by atoms with van der Waals surface area (Å²) in [5.41, 5.74) is 4.61. The van der Waals surface area contributed by atoms with Crippen molar-refractivity contribution >= 4 is 39.0 Å². The summed E-state index contributed by atoms with van der Waals surface area (Å²) >= 11 is 3.62. The molecule has 0 aliphatic heterocycles. The second-order valence-electron chi connectivity index (χ2n) is 10.9. The maximum absolute atomic E-state index is 13.9. The quantitative estimate of drug-likeness (QED) is 0.141. The van der Waals surface area contributed by atoms with Crippen LogP contribution in [0.3, 0.4) is 0 Å². The number of rotatable bonds is 11. The van der Waals surface area contributed by atoms with Gasteiger partial charge in [-0.3, -0.25) is 4.79 Å². The summed E-state index contributed by atoms with van der Waals surface area (Å²) in [4.78, 5) is 30.0. The number of fused-ring (bicyclic) bond motifs is 1. The van der Waals surface area contributed by atoms with Crippen LogP contribution < -0.4 is 19.8 Å². The van der Waals surface area contributed by atoms with Crippen molar-refractivity contribution in [2.45, 2.75) is 40.2 Å². The van der Waals surface area contributed by atoms with Crippen LogP contribution in [0.25, 0.3) is 22.3 Å². The zero-order valence-electron chi connectivity index (χ0n) is 26.2. The molecule has 0 spiro atoms. The molecule has 1 heterocycles. The summed E-state index contributed by atoms with van der Waals surface area (Å²) in [7, 11) is 1.65. The lowest BCUT2D eigenvalue weighted by molar-refractivity contribution is 0.0697. The Labute approximate surface area is 275 Å². The number of carboxylic acid groups (broad SMARTS) is 1. The standard InChI is InChI=1S/C36H34BrN3O6/c1-6-45-32-16-25(29(37)18-33(32)46-20-23-11-13-24(14-12-23)36(42)43)19-38-40-34(39-30-10-8-7-9-26(30)35(40)41)28-17-27(21(2)3)31(44-5)15-22(28)4/h7-19,21H,6,20H2,1-5H3,(H,42,43). The summed E-state index contributed by atoms with van der Waals surface area (Å²) < 4.78 is 19.6. The van der Waals surface area contributed by atoms with Crippen LogP contribution in [0.1, 0.15) is 59.3 Å². The van der Waals surface area contributed by atoms with Gasteiger partial charge in [-0.05, 0) is 101 Å². The Kier molecular flexibility index (Phi) is 9.87. The van der Waals surface area contributed by atoms with E-state index < -0.39 is 5.97 Å².